The molecular weight excluding hydrogens is 199 g/mol. The highest BCUT2D eigenvalue weighted by atomic mass is 16.6. The van der Waals surface area contributed by atoms with Gasteiger partial charge < -0.3 is 24.9 Å². The lowest BCUT2D eigenvalue weighted by atomic mass is 10.0. The molecule has 0 aliphatic carbocycles. The molecule has 4 N–H and O–H groups in total. The van der Waals surface area contributed by atoms with E-state index < -0.39 is 19.0 Å². The van der Waals surface area contributed by atoms with Gasteiger partial charge in [-0.05, 0) is 20.8 Å². The fraction of sp³-hybridized carbons (Fsp3) is 0.778. The highest BCUT2D eigenvalue weighted by molar-refractivity contribution is 6.32. The minimum atomic E-state index is -1.67. The van der Waals surface area contributed by atoms with Crippen LogP contribution in [0.4, 0.5) is 0 Å². The summed E-state index contributed by atoms with van der Waals surface area (Å²) in [5.41, 5.74) is -0.728. The first kappa shape index (κ1) is 17.0. The van der Waals surface area contributed by atoms with Crippen LogP contribution in [0.3, 0.4) is 0 Å². The van der Waals surface area contributed by atoms with Gasteiger partial charge in [-0.1, -0.05) is 6.08 Å². The molecule has 1 unspecified atom stereocenters. The molecule has 0 bridgehead atoms. The largest absolute Gasteiger partial charge is 0.634 e. The molecule has 0 fully saturated rings. The van der Waals surface area contributed by atoms with E-state index in [1.54, 1.807) is 20.8 Å². The molecule has 0 aromatic heterocycles. The number of aliphatic hydroxyl groups is 2. The SMILES string of the molecule is C=CCOB(O)O.CC(O)CC(C)(C)O. The molecule has 5 nitrogen and oxygen atoms in total. The molecule has 15 heavy (non-hydrogen) atoms. The highest BCUT2D eigenvalue weighted by Gasteiger charge is 2.14. The molecule has 0 aliphatic heterocycles. The smallest absolute Gasteiger partial charge is 0.402 e. The van der Waals surface area contributed by atoms with Crippen LogP contribution < -0.4 is 0 Å². The fourth-order valence-electron chi connectivity index (χ4n) is 0.877. The van der Waals surface area contributed by atoms with Crippen molar-refractivity contribution in [1.82, 2.24) is 0 Å². The van der Waals surface area contributed by atoms with Crippen LogP contribution in [-0.2, 0) is 4.65 Å². The van der Waals surface area contributed by atoms with Crippen molar-refractivity contribution in [3.05, 3.63) is 12.7 Å². The molecule has 90 valence electrons. The zero-order chi connectivity index (χ0) is 12.5. The lowest BCUT2D eigenvalue weighted by Gasteiger charge is -2.17. The van der Waals surface area contributed by atoms with Crippen molar-refractivity contribution in [1.29, 1.82) is 0 Å². The third kappa shape index (κ3) is 24.7. The summed E-state index contributed by atoms with van der Waals surface area (Å²) in [7, 11) is -1.67. The summed E-state index contributed by atoms with van der Waals surface area (Å²) >= 11 is 0. The standard InChI is InChI=1S/C6H14O2.C3H7BO3/c1-5(7)4-6(2,3)8;1-2-3-7-4(5)6/h5,7-8H,4H2,1-3H3;2,5-6H,1,3H2. The van der Waals surface area contributed by atoms with E-state index in [9.17, 15) is 0 Å². The van der Waals surface area contributed by atoms with E-state index in [2.05, 4.69) is 11.2 Å². The Morgan fingerprint density at radius 2 is 1.93 bits per heavy atom. The Bertz CT molecular complexity index is 153. The number of hydrogen-bond donors (Lipinski definition) is 4. The Morgan fingerprint density at radius 1 is 1.47 bits per heavy atom. The van der Waals surface area contributed by atoms with Crippen molar-refractivity contribution >= 4 is 7.32 Å². The van der Waals surface area contributed by atoms with E-state index >= 15 is 0 Å². The van der Waals surface area contributed by atoms with E-state index in [0.717, 1.165) is 0 Å². The van der Waals surface area contributed by atoms with Crippen LogP contribution in [0.1, 0.15) is 27.2 Å². The van der Waals surface area contributed by atoms with Gasteiger partial charge in [0.25, 0.3) is 0 Å². The van der Waals surface area contributed by atoms with Gasteiger partial charge in [0.05, 0.1) is 18.3 Å². The van der Waals surface area contributed by atoms with E-state index in [0.29, 0.717) is 6.42 Å². The Morgan fingerprint density at radius 3 is 2.00 bits per heavy atom. The Balaban J connectivity index is 0. The van der Waals surface area contributed by atoms with Crippen LogP contribution in [0.2, 0.25) is 0 Å². The van der Waals surface area contributed by atoms with Gasteiger partial charge in [0.2, 0.25) is 0 Å². The third-order valence-electron chi connectivity index (χ3n) is 1.16. The van der Waals surface area contributed by atoms with Crippen molar-refractivity contribution in [3.63, 3.8) is 0 Å². The van der Waals surface area contributed by atoms with Crippen molar-refractivity contribution in [3.8, 4) is 0 Å². The molecule has 0 heterocycles. The molecule has 0 radical (unpaired) electrons. The molecule has 6 heteroatoms. The minimum Gasteiger partial charge on any atom is -0.402 e. The fourth-order valence-corrected chi connectivity index (χ4v) is 0.877. The van der Waals surface area contributed by atoms with Gasteiger partial charge in [-0.15, -0.1) is 6.58 Å². The average Bonchev–Trinajstić information content (AvgIpc) is 1.96. The van der Waals surface area contributed by atoms with Gasteiger partial charge in [-0.2, -0.15) is 0 Å². The second-order valence-electron chi connectivity index (χ2n) is 3.81. The van der Waals surface area contributed by atoms with Crippen molar-refractivity contribution in [2.45, 2.75) is 38.9 Å². The van der Waals surface area contributed by atoms with Gasteiger partial charge >= 0.3 is 7.32 Å². The van der Waals surface area contributed by atoms with Crippen molar-refractivity contribution in [2.24, 2.45) is 0 Å². The van der Waals surface area contributed by atoms with Crippen LogP contribution in [0.5, 0.6) is 0 Å². The lowest BCUT2D eigenvalue weighted by molar-refractivity contribution is 0.0249. The summed E-state index contributed by atoms with van der Waals surface area (Å²) in [6.07, 6.45) is 1.46. The van der Waals surface area contributed by atoms with Crippen LogP contribution in [-0.4, -0.2) is 45.9 Å². The predicted octanol–water partition coefficient (Wildman–Crippen LogP) is -0.313. The maximum atomic E-state index is 9.03. The van der Waals surface area contributed by atoms with Crippen molar-refractivity contribution < 1.29 is 24.9 Å². The molecule has 0 spiro atoms. The molecule has 0 aromatic rings. The molecule has 0 amide bonds. The topological polar surface area (TPSA) is 90.2 Å². The molecule has 0 rings (SSSR count). The summed E-state index contributed by atoms with van der Waals surface area (Å²) in [5.74, 6) is 0. The highest BCUT2D eigenvalue weighted by Crippen LogP contribution is 2.09. The van der Waals surface area contributed by atoms with Gasteiger partial charge in [0.1, 0.15) is 0 Å². The van der Waals surface area contributed by atoms with Crippen LogP contribution in [0.25, 0.3) is 0 Å². The number of rotatable bonds is 5. The van der Waals surface area contributed by atoms with E-state index in [1.165, 1.54) is 6.08 Å². The lowest BCUT2D eigenvalue weighted by Crippen LogP contribution is -2.24. The van der Waals surface area contributed by atoms with Gasteiger partial charge in [0.15, 0.2) is 0 Å². The summed E-state index contributed by atoms with van der Waals surface area (Å²) in [6.45, 7) is 8.47. The first-order valence-corrected chi connectivity index (χ1v) is 4.68. The van der Waals surface area contributed by atoms with E-state index in [-0.39, 0.29) is 6.61 Å². The Hall–Kier alpha value is -0.395. The molecule has 0 aliphatic rings. The van der Waals surface area contributed by atoms with Gasteiger partial charge in [-0.25, -0.2) is 0 Å². The van der Waals surface area contributed by atoms with E-state index in [4.69, 9.17) is 20.3 Å². The first-order valence-electron chi connectivity index (χ1n) is 4.68. The maximum Gasteiger partial charge on any atom is 0.634 e. The number of aliphatic hydroxyl groups excluding tert-OH is 1. The Kier molecular flexibility index (Phi) is 10.1. The molecule has 1 atom stereocenters. The first-order chi connectivity index (χ1) is 6.69. The van der Waals surface area contributed by atoms with Crippen LogP contribution in [0, 0.1) is 0 Å². The monoisotopic (exact) mass is 220 g/mol. The normalized spacial score (nSPS) is 12.5. The van der Waals surface area contributed by atoms with Crippen molar-refractivity contribution in [2.75, 3.05) is 6.61 Å². The van der Waals surface area contributed by atoms with E-state index in [1.807, 2.05) is 0 Å². The predicted molar refractivity (Wildman–Crippen MR) is 58.9 cm³/mol. The summed E-state index contributed by atoms with van der Waals surface area (Å²) in [5, 5.41) is 33.7. The Labute approximate surface area is 91.2 Å². The average molecular weight is 220 g/mol. The molecule has 0 saturated heterocycles. The zero-order valence-corrected chi connectivity index (χ0v) is 9.55. The van der Waals surface area contributed by atoms with Crippen LogP contribution in [0.15, 0.2) is 12.7 Å². The minimum absolute atomic E-state index is 0.164. The van der Waals surface area contributed by atoms with Gasteiger partial charge in [-0.3, -0.25) is 0 Å². The maximum absolute atomic E-state index is 9.03. The molecule has 0 saturated carbocycles. The quantitative estimate of drug-likeness (QED) is 0.377. The second-order valence-corrected chi connectivity index (χ2v) is 3.81. The molecule has 0 aromatic carbocycles. The summed E-state index contributed by atoms with van der Waals surface area (Å²) in [6, 6.07) is 0. The summed E-state index contributed by atoms with van der Waals surface area (Å²) < 4.78 is 4.18. The van der Waals surface area contributed by atoms with Gasteiger partial charge in [0, 0.05) is 6.42 Å². The molecular formula is C9H21BO5. The second kappa shape index (κ2) is 8.88. The summed E-state index contributed by atoms with van der Waals surface area (Å²) in [4.78, 5) is 0. The third-order valence-corrected chi connectivity index (χ3v) is 1.16. The number of hydrogen-bond acceptors (Lipinski definition) is 5. The zero-order valence-electron chi connectivity index (χ0n) is 9.55. The van der Waals surface area contributed by atoms with Crippen LogP contribution >= 0.6 is 0 Å².